The SMILES string of the molecule is CCOC(=O)c1sc2nc(C)n(CCCC(=O)O)c(=O)c2c1C. The van der Waals surface area contributed by atoms with Crippen molar-refractivity contribution < 1.29 is 19.4 Å². The fourth-order valence-electron chi connectivity index (χ4n) is 2.36. The Morgan fingerprint density at radius 3 is 2.65 bits per heavy atom. The quantitative estimate of drug-likeness (QED) is 0.810. The lowest BCUT2D eigenvalue weighted by molar-refractivity contribution is -0.137. The molecule has 0 saturated heterocycles. The molecule has 8 heteroatoms. The number of rotatable bonds is 6. The molecule has 0 atom stereocenters. The van der Waals surface area contributed by atoms with Gasteiger partial charge in [-0.2, -0.15) is 0 Å². The third-order valence-corrected chi connectivity index (χ3v) is 4.64. The van der Waals surface area contributed by atoms with Crippen LogP contribution in [0.4, 0.5) is 0 Å². The van der Waals surface area contributed by atoms with Crippen molar-refractivity contribution in [2.45, 2.75) is 40.2 Å². The van der Waals surface area contributed by atoms with Gasteiger partial charge >= 0.3 is 11.9 Å². The molecule has 0 aliphatic rings. The molecular formula is C15H18N2O5S. The molecule has 0 aromatic carbocycles. The van der Waals surface area contributed by atoms with E-state index in [0.717, 1.165) is 11.3 Å². The maximum atomic E-state index is 12.7. The van der Waals surface area contributed by atoms with Crippen LogP contribution in [0.25, 0.3) is 10.2 Å². The van der Waals surface area contributed by atoms with Gasteiger partial charge in [-0.1, -0.05) is 0 Å². The number of ether oxygens (including phenoxy) is 1. The molecule has 0 fully saturated rings. The van der Waals surface area contributed by atoms with E-state index >= 15 is 0 Å². The zero-order valence-electron chi connectivity index (χ0n) is 13.2. The van der Waals surface area contributed by atoms with Crippen LogP contribution in [-0.2, 0) is 16.1 Å². The molecule has 0 aliphatic carbocycles. The van der Waals surface area contributed by atoms with Gasteiger partial charge in [0.05, 0.1) is 12.0 Å². The van der Waals surface area contributed by atoms with Crippen molar-refractivity contribution >= 4 is 33.5 Å². The molecule has 0 bridgehead atoms. The number of carbonyl (C=O) groups excluding carboxylic acids is 1. The highest BCUT2D eigenvalue weighted by Gasteiger charge is 2.21. The van der Waals surface area contributed by atoms with Crippen LogP contribution in [0, 0.1) is 13.8 Å². The maximum absolute atomic E-state index is 12.7. The van der Waals surface area contributed by atoms with Crippen molar-refractivity contribution in [3.63, 3.8) is 0 Å². The summed E-state index contributed by atoms with van der Waals surface area (Å²) in [6.07, 6.45) is 0.331. The normalized spacial score (nSPS) is 10.9. The van der Waals surface area contributed by atoms with E-state index in [-0.39, 0.29) is 25.1 Å². The van der Waals surface area contributed by atoms with Crippen LogP contribution in [-0.4, -0.2) is 33.2 Å². The van der Waals surface area contributed by atoms with Crippen molar-refractivity contribution in [2.24, 2.45) is 0 Å². The van der Waals surface area contributed by atoms with Crippen molar-refractivity contribution in [1.82, 2.24) is 9.55 Å². The number of aryl methyl sites for hydroxylation is 2. The van der Waals surface area contributed by atoms with E-state index in [0.29, 0.717) is 32.9 Å². The largest absolute Gasteiger partial charge is 0.481 e. The fourth-order valence-corrected chi connectivity index (χ4v) is 3.47. The van der Waals surface area contributed by atoms with Crippen molar-refractivity contribution in [2.75, 3.05) is 6.61 Å². The predicted molar refractivity (Wildman–Crippen MR) is 86.2 cm³/mol. The highest BCUT2D eigenvalue weighted by Crippen LogP contribution is 2.28. The molecule has 0 radical (unpaired) electrons. The first-order valence-corrected chi connectivity index (χ1v) is 8.07. The van der Waals surface area contributed by atoms with Crippen molar-refractivity contribution in [3.8, 4) is 0 Å². The summed E-state index contributed by atoms with van der Waals surface area (Å²) in [4.78, 5) is 40.5. The number of hydrogen-bond donors (Lipinski definition) is 1. The predicted octanol–water partition coefficient (Wildman–Crippen LogP) is 2.12. The molecule has 0 saturated carbocycles. The average molecular weight is 338 g/mol. The van der Waals surface area contributed by atoms with Gasteiger partial charge in [-0.05, 0) is 32.8 Å². The number of esters is 1. The monoisotopic (exact) mass is 338 g/mol. The average Bonchev–Trinajstić information content (AvgIpc) is 2.79. The van der Waals surface area contributed by atoms with Crippen LogP contribution >= 0.6 is 11.3 Å². The molecule has 0 spiro atoms. The molecule has 7 nitrogen and oxygen atoms in total. The summed E-state index contributed by atoms with van der Waals surface area (Å²) in [5.41, 5.74) is 0.315. The highest BCUT2D eigenvalue weighted by molar-refractivity contribution is 7.20. The molecular weight excluding hydrogens is 320 g/mol. The van der Waals surface area contributed by atoms with E-state index in [1.807, 2.05) is 0 Å². The van der Waals surface area contributed by atoms with Crippen molar-refractivity contribution in [1.29, 1.82) is 0 Å². The maximum Gasteiger partial charge on any atom is 0.348 e. The molecule has 124 valence electrons. The Labute approximate surface area is 136 Å². The number of carboxylic acid groups (broad SMARTS) is 1. The Kier molecular flexibility index (Phi) is 5.15. The van der Waals surface area contributed by atoms with E-state index in [4.69, 9.17) is 9.84 Å². The summed E-state index contributed by atoms with van der Waals surface area (Å²) >= 11 is 1.14. The summed E-state index contributed by atoms with van der Waals surface area (Å²) in [7, 11) is 0. The highest BCUT2D eigenvalue weighted by atomic mass is 32.1. The van der Waals surface area contributed by atoms with Crippen LogP contribution in [0.15, 0.2) is 4.79 Å². The Morgan fingerprint density at radius 1 is 1.35 bits per heavy atom. The number of aliphatic carboxylic acids is 1. The fraction of sp³-hybridized carbons (Fsp3) is 0.467. The van der Waals surface area contributed by atoms with Crippen molar-refractivity contribution in [3.05, 3.63) is 26.6 Å². The number of nitrogens with zero attached hydrogens (tertiary/aromatic N) is 2. The lowest BCUT2D eigenvalue weighted by atomic mass is 10.2. The van der Waals surface area contributed by atoms with Gasteiger partial charge in [0, 0.05) is 13.0 Å². The number of carbonyl (C=O) groups is 2. The summed E-state index contributed by atoms with van der Waals surface area (Å²) in [6.45, 7) is 5.66. The lowest BCUT2D eigenvalue weighted by Crippen LogP contribution is -2.24. The Balaban J connectivity index is 2.48. The molecule has 2 heterocycles. The first-order valence-electron chi connectivity index (χ1n) is 7.26. The first-order chi connectivity index (χ1) is 10.9. The summed E-state index contributed by atoms with van der Waals surface area (Å²) in [5.74, 6) is -0.854. The van der Waals surface area contributed by atoms with Gasteiger partial charge in [-0.3, -0.25) is 14.2 Å². The smallest absolute Gasteiger partial charge is 0.348 e. The van der Waals surface area contributed by atoms with Crippen LogP contribution < -0.4 is 5.56 Å². The minimum atomic E-state index is -0.902. The van der Waals surface area contributed by atoms with E-state index in [1.165, 1.54) is 4.57 Å². The second kappa shape index (κ2) is 6.91. The molecule has 1 N–H and O–H groups in total. The molecule has 2 aromatic rings. The minimum Gasteiger partial charge on any atom is -0.481 e. The summed E-state index contributed by atoms with van der Waals surface area (Å²) in [5, 5.41) is 9.11. The van der Waals surface area contributed by atoms with Gasteiger partial charge in [0.2, 0.25) is 0 Å². The van der Waals surface area contributed by atoms with Gasteiger partial charge in [-0.25, -0.2) is 9.78 Å². The second-order valence-electron chi connectivity index (χ2n) is 5.07. The van der Waals surface area contributed by atoms with Crippen LogP contribution in [0.2, 0.25) is 0 Å². The van der Waals surface area contributed by atoms with Gasteiger partial charge in [-0.15, -0.1) is 11.3 Å². The first kappa shape index (κ1) is 17.1. The number of hydrogen-bond acceptors (Lipinski definition) is 6. The van der Waals surface area contributed by atoms with E-state index in [9.17, 15) is 14.4 Å². The number of thiophene rings is 1. The second-order valence-corrected chi connectivity index (χ2v) is 6.07. The zero-order valence-corrected chi connectivity index (χ0v) is 14.0. The lowest BCUT2D eigenvalue weighted by Gasteiger charge is -2.08. The third kappa shape index (κ3) is 3.42. The Morgan fingerprint density at radius 2 is 2.04 bits per heavy atom. The van der Waals surface area contributed by atoms with Crippen LogP contribution in [0.3, 0.4) is 0 Å². The van der Waals surface area contributed by atoms with Gasteiger partial charge in [0.25, 0.3) is 5.56 Å². The summed E-state index contributed by atoms with van der Waals surface area (Å²) in [6, 6.07) is 0. The molecule has 0 amide bonds. The number of aromatic nitrogens is 2. The standard InChI is InChI=1S/C15H18N2O5S/c1-4-22-15(21)12-8(2)11-13(23-12)16-9(3)17(14(11)20)7-5-6-10(18)19/h4-7H2,1-3H3,(H,18,19). The van der Waals surface area contributed by atoms with Gasteiger partial charge in [0.15, 0.2) is 0 Å². The Bertz CT molecular complexity index is 821. The van der Waals surface area contributed by atoms with E-state index in [1.54, 1.807) is 20.8 Å². The van der Waals surface area contributed by atoms with Crippen LogP contribution in [0.5, 0.6) is 0 Å². The van der Waals surface area contributed by atoms with Gasteiger partial charge in [0.1, 0.15) is 15.5 Å². The summed E-state index contributed by atoms with van der Waals surface area (Å²) < 4.78 is 6.46. The molecule has 0 aliphatic heterocycles. The zero-order chi connectivity index (χ0) is 17.1. The Hall–Kier alpha value is -2.22. The molecule has 2 aromatic heterocycles. The topological polar surface area (TPSA) is 98.5 Å². The molecule has 2 rings (SSSR count). The van der Waals surface area contributed by atoms with E-state index in [2.05, 4.69) is 4.98 Å². The minimum absolute atomic E-state index is 0.0133. The van der Waals surface area contributed by atoms with Gasteiger partial charge < -0.3 is 9.84 Å². The van der Waals surface area contributed by atoms with Crippen LogP contribution in [0.1, 0.15) is 40.8 Å². The molecule has 0 unspecified atom stereocenters. The number of carboxylic acids is 1. The third-order valence-electron chi connectivity index (χ3n) is 3.47. The van der Waals surface area contributed by atoms with E-state index < -0.39 is 11.9 Å². The number of fused-ring (bicyclic) bond motifs is 1. The molecule has 23 heavy (non-hydrogen) atoms.